The Morgan fingerprint density at radius 1 is 1.10 bits per heavy atom. The van der Waals surface area contributed by atoms with Gasteiger partial charge < -0.3 is 15.4 Å². The molecular weight excluding hydrogens is 253 g/mol. The standard InChI is InChI=1S/C15H16BNO3/c1-10-3-6-13(16(19)20)9-15(10)12-4-7-14(8-5-12)17-11(2)18/h3-9,19-20H,1-2H3,(H,17,18). The molecule has 0 aliphatic rings. The van der Waals surface area contributed by atoms with Crippen LogP contribution in [0.4, 0.5) is 5.69 Å². The van der Waals surface area contributed by atoms with Crippen LogP contribution < -0.4 is 10.8 Å². The Balaban J connectivity index is 2.36. The molecule has 0 heterocycles. The summed E-state index contributed by atoms with van der Waals surface area (Å²) in [7, 11) is -1.48. The fraction of sp³-hybridized carbons (Fsp3) is 0.133. The van der Waals surface area contributed by atoms with E-state index in [2.05, 4.69) is 5.32 Å². The first-order valence-electron chi connectivity index (χ1n) is 6.32. The molecule has 0 saturated carbocycles. The summed E-state index contributed by atoms with van der Waals surface area (Å²) in [5.74, 6) is -0.112. The highest BCUT2D eigenvalue weighted by Gasteiger charge is 2.13. The van der Waals surface area contributed by atoms with E-state index in [-0.39, 0.29) is 5.91 Å². The normalized spacial score (nSPS) is 10.2. The van der Waals surface area contributed by atoms with Crippen LogP contribution in [0.2, 0.25) is 0 Å². The minimum atomic E-state index is -1.48. The first kappa shape index (κ1) is 14.3. The highest BCUT2D eigenvalue weighted by molar-refractivity contribution is 6.58. The number of carbonyl (C=O) groups is 1. The molecule has 0 bridgehead atoms. The Morgan fingerprint density at radius 3 is 2.30 bits per heavy atom. The molecule has 2 aromatic rings. The van der Waals surface area contributed by atoms with Gasteiger partial charge >= 0.3 is 7.12 Å². The van der Waals surface area contributed by atoms with Crippen LogP contribution in [0.25, 0.3) is 11.1 Å². The van der Waals surface area contributed by atoms with E-state index >= 15 is 0 Å². The van der Waals surface area contributed by atoms with E-state index in [4.69, 9.17) is 0 Å². The number of hydrogen-bond acceptors (Lipinski definition) is 3. The van der Waals surface area contributed by atoms with Crippen molar-refractivity contribution in [2.45, 2.75) is 13.8 Å². The van der Waals surface area contributed by atoms with Crippen molar-refractivity contribution in [3.63, 3.8) is 0 Å². The molecule has 0 saturated heterocycles. The average molecular weight is 269 g/mol. The molecule has 0 aliphatic carbocycles. The number of hydrogen-bond donors (Lipinski definition) is 3. The number of anilines is 1. The lowest BCUT2D eigenvalue weighted by atomic mass is 9.78. The van der Waals surface area contributed by atoms with Gasteiger partial charge in [0.25, 0.3) is 0 Å². The highest BCUT2D eigenvalue weighted by atomic mass is 16.4. The molecule has 20 heavy (non-hydrogen) atoms. The molecule has 4 nitrogen and oxygen atoms in total. The van der Waals surface area contributed by atoms with Gasteiger partial charge in [-0.1, -0.05) is 30.3 Å². The first-order valence-corrected chi connectivity index (χ1v) is 6.32. The van der Waals surface area contributed by atoms with Gasteiger partial charge in [-0.05, 0) is 41.2 Å². The summed E-state index contributed by atoms with van der Waals surface area (Å²) >= 11 is 0. The SMILES string of the molecule is CC(=O)Nc1ccc(-c2cc(B(O)O)ccc2C)cc1. The van der Waals surface area contributed by atoms with Crippen LogP contribution in [-0.2, 0) is 4.79 Å². The molecule has 1 amide bonds. The van der Waals surface area contributed by atoms with E-state index in [1.807, 2.05) is 37.3 Å². The van der Waals surface area contributed by atoms with Gasteiger partial charge in [0.05, 0.1) is 0 Å². The number of rotatable bonds is 3. The van der Waals surface area contributed by atoms with Gasteiger partial charge in [-0.2, -0.15) is 0 Å². The van der Waals surface area contributed by atoms with Crippen molar-refractivity contribution >= 4 is 24.2 Å². The first-order chi connectivity index (χ1) is 9.47. The van der Waals surface area contributed by atoms with Gasteiger partial charge in [-0.15, -0.1) is 0 Å². The second kappa shape index (κ2) is 5.90. The molecule has 5 heteroatoms. The Hall–Kier alpha value is -2.11. The number of carbonyl (C=O) groups excluding carboxylic acids is 1. The quantitative estimate of drug-likeness (QED) is 0.735. The maximum absolute atomic E-state index is 11.0. The molecule has 102 valence electrons. The van der Waals surface area contributed by atoms with Gasteiger partial charge in [-0.25, -0.2) is 0 Å². The minimum absolute atomic E-state index is 0.112. The van der Waals surface area contributed by atoms with Crippen molar-refractivity contribution < 1.29 is 14.8 Å². The van der Waals surface area contributed by atoms with E-state index < -0.39 is 7.12 Å². The smallest absolute Gasteiger partial charge is 0.423 e. The van der Waals surface area contributed by atoms with E-state index in [9.17, 15) is 14.8 Å². The molecule has 0 aliphatic heterocycles. The highest BCUT2D eigenvalue weighted by Crippen LogP contribution is 2.24. The van der Waals surface area contributed by atoms with E-state index in [1.54, 1.807) is 12.1 Å². The lowest BCUT2D eigenvalue weighted by Gasteiger charge is -2.10. The third-order valence-corrected chi connectivity index (χ3v) is 3.08. The minimum Gasteiger partial charge on any atom is -0.423 e. The van der Waals surface area contributed by atoms with Crippen molar-refractivity contribution in [3.8, 4) is 11.1 Å². The number of benzene rings is 2. The zero-order valence-electron chi connectivity index (χ0n) is 11.4. The van der Waals surface area contributed by atoms with Crippen molar-refractivity contribution in [1.29, 1.82) is 0 Å². The molecule has 3 N–H and O–H groups in total. The maximum atomic E-state index is 11.0. The molecule has 0 radical (unpaired) electrons. The van der Waals surface area contributed by atoms with Crippen LogP contribution in [-0.4, -0.2) is 23.1 Å². The Labute approximate surface area is 118 Å². The van der Waals surface area contributed by atoms with Crippen molar-refractivity contribution in [2.24, 2.45) is 0 Å². The van der Waals surface area contributed by atoms with Crippen LogP contribution >= 0.6 is 0 Å². The monoisotopic (exact) mass is 269 g/mol. The lowest BCUT2D eigenvalue weighted by molar-refractivity contribution is -0.114. The van der Waals surface area contributed by atoms with E-state index in [1.165, 1.54) is 6.92 Å². The van der Waals surface area contributed by atoms with Crippen molar-refractivity contribution in [1.82, 2.24) is 0 Å². The largest absolute Gasteiger partial charge is 0.488 e. The summed E-state index contributed by atoms with van der Waals surface area (Å²) in [6.45, 7) is 3.43. The third-order valence-electron chi connectivity index (χ3n) is 3.08. The third kappa shape index (κ3) is 3.26. The lowest BCUT2D eigenvalue weighted by Crippen LogP contribution is -2.29. The zero-order valence-corrected chi connectivity index (χ0v) is 11.4. The van der Waals surface area contributed by atoms with Crippen LogP contribution in [0, 0.1) is 6.92 Å². The summed E-state index contributed by atoms with van der Waals surface area (Å²) in [4.78, 5) is 11.0. The predicted octanol–water partition coefficient (Wildman–Crippen LogP) is 1.30. The van der Waals surface area contributed by atoms with Gasteiger partial charge in [0.1, 0.15) is 0 Å². The Kier molecular flexibility index (Phi) is 4.22. The molecule has 0 aromatic heterocycles. The summed E-state index contributed by atoms with van der Waals surface area (Å²) in [6, 6.07) is 12.7. The number of aryl methyl sites for hydroxylation is 1. The number of amides is 1. The van der Waals surface area contributed by atoms with E-state index in [0.29, 0.717) is 5.46 Å². The van der Waals surface area contributed by atoms with Crippen molar-refractivity contribution in [3.05, 3.63) is 48.0 Å². The van der Waals surface area contributed by atoms with Gasteiger partial charge in [-0.3, -0.25) is 4.79 Å². The van der Waals surface area contributed by atoms with Crippen molar-refractivity contribution in [2.75, 3.05) is 5.32 Å². The van der Waals surface area contributed by atoms with Crippen LogP contribution in [0.5, 0.6) is 0 Å². The predicted molar refractivity (Wildman–Crippen MR) is 80.7 cm³/mol. The molecular formula is C15H16BNO3. The maximum Gasteiger partial charge on any atom is 0.488 e. The molecule has 2 rings (SSSR count). The molecule has 2 aromatic carbocycles. The summed E-state index contributed by atoms with van der Waals surface area (Å²) in [5, 5.41) is 21.2. The summed E-state index contributed by atoms with van der Waals surface area (Å²) in [5.41, 5.74) is 4.12. The number of nitrogens with one attached hydrogen (secondary N) is 1. The molecule has 0 atom stereocenters. The van der Waals surface area contributed by atoms with E-state index in [0.717, 1.165) is 22.4 Å². The topological polar surface area (TPSA) is 69.6 Å². The van der Waals surface area contributed by atoms with Crippen LogP contribution in [0.3, 0.4) is 0 Å². The second-order valence-electron chi connectivity index (χ2n) is 4.71. The second-order valence-corrected chi connectivity index (χ2v) is 4.71. The van der Waals surface area contributed by atoms with Gasteiger partial charge in [0.15, 0.2) is 0 Å². The fourth-order valence-corrected chi connectivity index (χ4v) is 2.05. The van der Waals surface area contributed by atoms with Gasteiger partial charge in [0.2, 0.25) is 5.91 Å². The molecule has 0 spiro atoms. The van der Waals surface area contributed by atoms with Crippen LogP contribution in [0.1, 0.15) is 12.5 Å². The zero-order chi connectivity index (χ0) is 14.7. The van der Waals surface area contributed by atoms with Crippen LogP contribution in [0.15, 0.2) is 42.5 Å². The fourth-order valence-electron chi connectivity index (χ4n) is 2.05. The Bertz CT molecular complexity index is 624. The average Bonchev–Trinajstić information content (AvgIpc) is 2.39. The molecule has 0 fully saturated rings. The summed E-state index contributed by atoms with van der Waals surface area (Å²) in [6.07, 6.45) is 0. The summed E-state index contributed by atoms with van der Waals surface area (Å²) < 4.78 is 0. The molecule has 0 unspecified atom stereocenters. The van der Waals surface area contributed by atoms with Gasteiger partial charge in [0, 0.05) is 12.6 Å². The Morgan fingerprint density at radius 2 is 1.75 bits per heavy atom.